The number of ether oxygens (including phenoxy) is 1. The lowest BCUT2D eigenvalue weighted by atomic mass is 10.2. The first-order valence-electron chi connectivity index (χ1n) is 8.63. The van der Waals surface area contributed by atoms with Gasteiger partial charge in [-0.15, -0.1) is 0 Å². The number of hydrogen-bond donors (Lipinski definition) is 1. The summed E-state index contributed by atoms with van der Waals surface area (Å²) in [6.45, 7) is 1.87. The van der Waals surface area contributed by atoms with Crippen molar-refractivity contribution < 1.29 is 13.2 Å². The van der Waals surface area contributed by atoms with E-state index in [4.69, 9.17) is 16.3 Å². The summed E-state index contributed by atoms with van der Waals surface area (Å²) in [6.07, 6.45) is 1.64. The van der Waals surface area contributed by atoms with Gasteiger partial charge in [0.25, 0.3) is 0 Å². The summed E-state index contributed by atoms with van der Waals surface area (Å²) < 4.78 is 35.4. The van der Waals surface area contributed by atoms with E-state index in [9.17, 15) is 8.42 Å². The molecule has 4 aromatic rings. The van der Waals surface area contributed by atoms with Crippen molar-refractivity contribution in [1.29, 1.82) is 0 Å². The predicted octanol–water partition coefficient (Wildman–Crippen LogP) is 5.29. The van der Waals surface area contributed by atoms with Gasteiger partial charge in [-0.25, -0.2) is 13.4 Å². The zero-order chi connectivity index (χ0) is 20.4. The van der Waals surface area contributed by atoms with E-state index in [0.29, 0.717) is 22.2 Å². The maximum Gasteiger partial charge on any atom is 0.196 e. The Morgan fingerprint density at radius 3 is 2.38 bits per heavy atom. The number of hydrogen-bond acceptors (Lipinski definition) is 7. The summed E-state index contributed by atoms with van der Waals surface area (Å²) in [5.41, 5.74) is 1.52. The van der Waals surface area contributed by atoms with E-state index in [1.807, 2.05) is 6.92 Å². The van der Waals surface area contributed by atoms with Gasteiger partial charge in [-0.2, -0.15) is 4.37 Å². The zero-order valence-electron chi connectivity index (χ0n) is 15.3. The fourth-order valence-electron chi connectivity index (χ4n) is 2.78. The second kappa shape index (κ2) is 7.98. The minimum Gasteiger partial charge on any atom is -0.457 e. The molecule has 0 atom stereocenters. The van der Waals surface area contributed by atoms with Crippen LogP contribution in [0.4, 0.5) is 5.69 Å². The summed E-state index contributed by atoms with van der Waals surface area (Å²) in [7, 11) is -3.54. The molecule has 9 heteroatoms. The van der Waals surface area contributed by atoms with Gasteiger partial charge in [0.2, 0.25) is 0 Å². The third kappa shape index (κ3) is 4.34. The van der Waals surface area contributed by atoms with Crippen LogP contribution >= 0.6 is 23.1 Å². The Kier molecular flexibility index (Phi) is 5.40. The third-order valence-corrected chi connectivity index (χ3v) is 6.85. The number of fused-ring (bicyclic) bond motifs is 1. The highest BCUT2D eigenvalue weighted by Gasteiger charge is 2.16. The van der Waals surface area contributed by atoms with Crippen molar-refractivity contribution in [3.8, 4) is 11.5 Å². The summed E-state index contributed by atoms with van der Waals surface area (Å²) >= 11 is 7.15. The van der Waals surface area contributed by atoms with Crippen LogP contribution in [-0.4, -0.2) is 23.7 Å². The number of sulfone groups is 1. The average Bonchev–Trinajstić information content (AvgIpc) is 3.10. The average molecular weight is 446 g/mol. The minimum atomic E-state index is -3.54. The highest BCUT2D eigenvalue weighted by Crippen LogP contribution is 2.28. The van der Waals surface area contributed by atoms with Crippen LogP contribution in [-0.2, 0) is 9.84 Å². The Morgan fingerprint density at radius 2 is 1.69 bits per heavy atom. The predicted molar refractivity (Wildman–Crippen MR) is 116 cm³/mol. The van der Waals surface area contributed by atoms with Gasteiger partial charge < -0.3 is 10.1 Å². The molecule has 2 aromatic heterocycles. The van der Waals surface area contributed by atoms with Crippen LogP contribution in [0, 0.1) is 6.92 Å². The van der Waals surface area contributed by atoms with Crippen molar-refractivity contribution in [2.45, 2.75) is 11.8 Å². The lowest BCUT2D eigenvalue weighted by molar-refractivity contribution is 0.482. The molecule has 0 amide bonds. The molecule has 0 saturated carbocycles. The molecule has 0 aliphatic carbocycles. The molecule has 0 aliphatic heterocycles. The van der Waals surface area contributed by atoms with Crippen LogP contribution in [0.1, 0.15) is 5.69 Å². The Bertz CT molecular complexity index is 1250. The zero-order valence-corrected chi connectivity index (χ0v) is 17.7. The molecule has 0 saturated heterocycles. The van der Waals surface area contributed by atoms with Crippen molar-refractivity contribution in [3.63, 3.8) is 0 Å². The number of aryl methyl sites for hydroxylation is 1. The highest BCUT2D eigenvalue weighted by atomic mass is 35.5. The molecule has 1 N–H and O–H groups in total. The summed E-state index contributed by atoms with van der Waals surface area (Å²) in [6, 6.07) is 15.0. The Balaban J connectivity index is 1.48. The van der Waals surface area contributed by atoms with Crippen LogP contribution in [0.15, 0.2) is 65.7 Å². The molecule has 2 aromatic carbocycles. The van der Waals surface area contributed by atoms with E-state index in [0.717, 1.165) is 15.9 Å². The standard InChI is InChI=1S/C20H16ClN3O3S2/c1-13-19-18(10-11-22-20(19)28-24-13)23-12-29(25,26)17-8-6-16(7-9-17)27-15-4-2-14(21)3-5-15/h2-11H,12H2,1H3,(H,22,23). The van der Waals surface area contributed by atoms with Crippen molar-refractivity contribution in [3.05, 3.63) is 71.5 Å². The van der Waals surface area contributed by atoms with Crippen molar-refractivity contribution in [2.24, 2.45) is 0 Å². The second-order valence-electron chi connectivity index (χ2n) is 6.27. The third-order valence-electron chi connectivity index (χ3n) is 4.23. The largest absolute Gasteiger partial charge is 0.457 e. The quantitative estimate of drug-likeness (QED) is 0.434. The van der Waals surface area contributed by atoms with E-state index in [1.54, 1.807) is 48.7 Å². The van der Waals surface area contributed by atoms with E-state index < -0.39 is 9.84 Å². The molecule has 29 heavy (non-hydrogen) atoms. The number of nitrogens with one attached hydrogen (secondary N) is 1. The van der Waals surface area contributed by atoms with Gasteiger partial charge in [0, 0.05) is 16.9 Å². The van der Waals surface area contributed by atoms with Gasteiger partial charge in [-0.1, -0.05) is 11.6 Å². The summed E-state index contributed by atoms with van der Waals surface area (Å²) in [5.74, 6) is 0.918. The first-order valence-corrected chi connectivity index (χ1v) is 11.4. The topological polar surface area (TPSA) is 81.2 Å². The number of rotatable bonds is 6. The number of nitrogens with zero attached hydrogens (tertiary/aromatic N) is 2. The number of aromatic nitrogens is 2. The maximum atomic E-state index is 12.7. The normalized spacial score (nSPS) is 11.5. The lowest BCUT2D eigenvalue weighted by Gasteiger charge is -2.10. The minimum absolute atomic E-state index is 0.207. The lowest BCUT2D eigenvalue weighted by Crippen LogP contribution is -2.15. The van der Waals surface area contributed by atoms with Crippen LogP contribution in [0.3, 0.4) is 0 Å². The number of pyridine rings is 1. The Labute approximate surface area is 177 Å². The van der Waals surface area contributed by atoms with Crippen LogP contribution in [0.5, 0.6) is 11.5 Å². The molecule has 0 aliphatic rings. The van der Waals surface area contributed by atoms with E-state index in [2.05, 4.69) is 14.7 Å². The van der Waals surface area contributed by atoms with Gasteiger partial charge in [0.1, 0.15) is 22.2 Å². The van der Waals surface area contributed by atoms with E-state index >= 15 is 0 Å². The fraction of sp³-hybridized carbons (Fsp3) is 0.100. The molecule has 0 unspecified atom stereocenters. The van der Waals surface area contributed by atoms with Gasteiger partial charge in [0.05, 0.1) is 16.0 Å². The first-order chi connectivity index (χ1) is 13.9. The highest BCUT2D eigenvalue weighted by molar-refractivity contribution is 7.91. The van der Waals surface area contributed by atoms with Crippen LogP contribution < -0.4 is 10.1 Å². The Morgan fingerprint density at radius 1 is 1.03 bits per heavy atom. The fourth-order valence-corrected chi connectivity index (χ4v) is 4.74. The molecule has 2 heterocycles. The van der Waals surface area contributed by atoms with Crippen molar-refractivity contribution in [1.82, 2.24) is 9.36 Å². The summed E-state index contributed by atoms with van der Waals surface area (Å²) in [5, 5.41) is 4.47. The molecule has 148 valence electrons. The molecule has 0 fully saturated rings. The number of halogens is 1. The SMILES string of the molecule is Cc1nsc2nccc(NCS(=O)(=O)c3ccc(Oc4ccc(Cl)cc4)cc3)c12. The monoisotopic (exact) mass is 445 g/mol. The van der Waals surface area contributed by atoms with Gasteiger partial charge in [-0.3, -0.25) is 0 Å². The maximum absolute atomic E-state index is 12.7. The molecule has 6 nitrogen and oxygen atoms in total. The van der Waals surface area contributed by atoms with Crippen LogP contribution in [0.2, 0.25) is 5.02 Å². The van der Waals surface area contributed by atoms with Gasteiger partial charge >= 0.3 is 0 Å². The Hall–Kier alpha value is -2.68. The van der Waals surface area contributed by atoms with Crippen LogP contribution in [0.25, 0.3) is 10.2 Å². The number of benzene rings is 2. The molecule has 4 rings (SSSR count). The van der Waals surface area contributed by atoms with Gasteiger partial charge in [-0.05, 0) is 73.1 Å². The smallest absolute Gasteiger partial charge is 0.196 e. The second-order valence-corrected chi connectivity index (χ2v) is 9.45. The first kappa shape index (κ1) is 19.6. The molecule has 0 spiro atoms. The summed E-state index contributed by atoms with van der Waals surface area (Å²) in [4.78, 5) is 5.24. The van der Waals surface area contributed by atoms with Crippen molar-refractivity contribution >= 4 is 48.9 Å². The van der Waals surface area contributed by atoms with E-state index in [-0.39, 0.29) is 10.8 Å². The van der Waals surface area contributed by atoms with Gasteiger partial charge in [0.15, 0.2) is 9.84 Å². The molecular weight excluding hydrogens is 430 g/mol. The van der Waals surface area contributed by atoms with E-state index in [1.165, 1.54) is 23.7 Å². The molecule has 0 radical (unpaired) electrons. The van der Waals surface area contributed by atoms with Crippen molar-refractivity contribution in [2.75, 3.05) is 11.2 Å². The molecule has 0 bridgehead atoms. The number of anilines is 1. The molecular formula is C20H16ClN3O3S2.